The van der Waals surface area contributed by atoms with Crippen molar-refractivity contribution in [2.24, 2.45) is 0 Å². The molecule has 0 bridgehead atoms. The van der Waals surface area contributed by atoms with Crippen molar-refractivity contribution in [3.05, 3.63) is 65.2 Å². The molecule has 2 aromatic carbocycles. The Balaban J connectivity index is 1.53. The van der Waals surface area contributed by atoms with Crippen molar-refractivity contribution in [1.29, 1.82) is 0 Å². The van der Waals surface area contributed by atoms with Crippen LogP contribution < -0.4 is 4.74 Å². The van der Waals surface area contributed by atoms with Crippen molar-refractivity contribution < 1.29 is 17.9 Å². The Labute approximate surface area is 167 Å². The second-order valence-electron chi connectivity index (χ2n) is 5.46. The summed E-state index contributed by atoms with van der Waals surface area (Å²) in [6.45, 7) is 0. The van der Waals surface area contributed by atoms with Gasteiger partial charge in [0.2, 0.25) is 0 Å². The molecule has 27 heavy (non-hydrogen) atoms. The van der Waals surface area contributed by atoms with Crippen LogP contribution in [-0.2, 0) is 17.7 Å². The van der Waals surface area contributed by atoms with Crippen molar-refractivity contribution in [3.8, 4) is 5.75 Å². The Hall–Kier alpha value is -1.71. The lowest BCUT2D eigenvalue weighted by molar-refractivity contribution is -0.137. The fourth-order valence-electron chi connectivity index (χ4n) is 2.16. The van der Waals surface area contributed by atoms with E-state index in [2.05, 4.69) is 10.2 Å². The third kappa shape index (κ3) is 5.88. The van der Waals surface area contributed by atoms with Gasteiger partial charge in [-0.3, -0.25) is 0 Å². The largest absolute Gasteiger partial charge is 0.497 e. The Bertz CT molecular complexity index is 882. The Morgan fingerprint density at radius 1 is 0.926 bits per heavy atom. The van der Waals surface area contributed by atoms with E-state index in [-0.39, 0.29) is 0 Å². The normalized spacial score (nSPS) is 11.6. The van der Waals surface area contributed by atoms with Gasteiger partial charge >= 0.3 is 6.18 Å². The number of halogens is 3. The van der Waals surface area contributed by atoms with Gasteiger partial charge < -0.3 is 4.74 Å². The van der Waals surface area contributed by atoms with Gasteiger partial charge in [0.25, 0.3) is 0 Å². The molecule has 0 radical (unpaired) electrons. The van der Waals surface area contributed by atoms with Gasteiger partial charge in [-0.15, -0.1) is 10.2 Å². The molecule has 0 aliphatic heterocycles. The van der Waals surface area contributed by atoms with E-state index in [1.165, 1.54) is 35.2 Å². The van der Waals surface area contributed by atoms with Crippen LogP contribution >= 0.6 is 34.9 Å². The van der Waals surface area contributed by atoms with Crippen molar-refractivity contribution in [3.63, 3.8) is 0 Å². The minimum atomic E-state index is -4.32. The molecule has 0 N–H and O–H groups in total. The summed E-state index contributed by atoms with van der Waals surface area (Å²) >= 11 is 4.41. The van der Waals surface area contributed by atoms with Crippen molar-refractivity contribution in [2.75, 3.05) is 7.11 Å². The van der Waals surface area contributed by atoms with E-state index in [0.717, 1.165) is 31.8 Å². The number of ether oxygens (including phenoxy) is 1. The van der Waals surface area contributed by atoms with Crippen molar-refractivity contribution >= 4 is 34.9 Å². The van der Waals surface area contributed by atoms with Crippen LogP contribution in [0.1, 0.15) is 16.7 Å². The number of nitrogens with zero attached hydrogens (tertiary/aromatic N) is 2. The zero-order valence-electron chi connectivity index (χ0n) is 14.2. The van der Waals surface area contributed by atoms with Crippen molar-refractivity contribution in [2.45, 2.75) is 26.4 Å². The third-order valence-corrected chi connectivity index (χ3v) is 6.86. The van der Waals surface area contributed by atoms with Gasteiger partial charge in [-0.2, -0.15) is 13.2 Å². The van der Waals surface area contributed by atoms with Gasteiger partial charge in [0.1, 0.15) is 5.75 Å². The molecule has 3 rings (SSSR count). The zero-order valence-corrected chi connectivity index (χ0v) is 16.6. The number of methoxy groups -OCH3 is 1. The number of aromatic nitrogens is 2. The third-order valence-electron chi connectivity index (χ3n) is 3.53. The first kappa shape index (κ1) is 20.0. The number of hydrogen-bond donors (Lipinski definition) is 0. The van der Waals surface area contributed by atoms with Crippen LogP contribution in [0.2, 0.25) is 0 Å². The molecule has 0 fully saturated rings. The lowest BCUT2D eigenvalue weighted by Crippen LogP contribution is -2.04. The first-order valence-electron chi connectivity index (χ1n) is 7.82. The van der Waals surface area contributed by atoms with Crippen LogP contribution in [-0.4, -0.2) is 17.3 Å². The minimum Gasteiger partial charge on any atom is -0.497 e. The summed E-state index contributed by atoms with van der Waals surface area (Å²) in [5, 5.41) is 8.25. The van der Waals surface area contributed by atoms with Gasteiger partial charge in [0.15, 0.2) is 8.68 Å². The summed E-state index contributed by atoms with van der Waals surface area (Å²) in [5.74, 6) is 1.99. The van der Waals surface area contributed by atoms with Gasteiger partial charge in [-0.25, -0.2) is 0 Å². The van der Waals surface area contributed by atoms with Crippen LogP contribution in [0, 0.1) is 0 Å². The second-order valence-corrected chi connectivity index (χ2v) is 8.88. The molecule has 3 nitrogen and oxygen atoms in total. The molecule has 0 saturated heterocycles. The minimum absolute atomic E-state index is 0.418. The molecule has 0 spiro atoms. The van der Waals surface area contributed by atoms with E-state index in [1.807, 2.05) is 24.3 Å². The summed E-state index contributed by atoms with van der Waals surface area (Å²) in [6.07, 6.45) is -4.32. The molecule has 1 heterocycles. The molecule has 3 aromatic rings. The monoisotopic (exact) mass is 428 g/mol. The van der Waals surface area contributed by atoms with E-state index in [4.69, 9.17) is 4.74 Å². The topological polar surface area (TPSA) is 35.0 Å². The maximum absolute atomic E-state index is 12.8. The fourth-order valence-corrected chi connectivity index (χ4v) is 5.08. The lowest BCUT2D eigenvalue weighted by atomic mass is 10.1. The van der Waals surface area contributed by atoms with Crippen molar-refractivity contribution in [1.82, 2.24) is 10.2 Å². The highest BCUT2D eigenvalue weighted by Gasteiger charge is 2.30. The van der Waals surface area contributed by atoms with Crippen LogP contribution in [0.15, 0.2) is 57.2 Å². The number of thioether (sulfide) groups is 2. The van der Waals surface area contributed by atoms with Crippen LogP contribution in [0.25, 0.3) is 0 Å². The standard InChI is InChI=1S/C18H15F3N2OS3/c1-24-15-7-5-12(6-8-15)10-25-16-22-23-17(27-16)26-11-13-3-2-4-14(9-13)18(19,20)21/h2-9H,10-11H2,1H3. The maximum atomic E-state index is 12.8. The fraction of sp³-hybridized carbons (Fsp3) is 0.222. The summed E-state index contributed by atoms with van der Waals surface area (Å²) in [7, 11) is 1.63. The molecule has 0 unspecified atom stereocenters. The number of alkyl halides is 3. The highest BCUT2D eigenvalue weighted by molar-refractivity contribution is 8.02. The number of rotatable bonds is 7. The number of benzene rings is 2. The lowest BCUT2D eigenvalue weighted by Gasteiger charge is -2.07. The Morgan fingerprint density at radius 3 is 2.15 bits per heavy atom. The van der Waals surface area contributed by atoms with Crippen LogP contribution in [0.4, 0.5) is 13.2 Å². The van der Waals surface area contributed by atoms with E-state index in [0.29, 0.717) is 11.3 Å². The first-order chi connectivity index (χ1) is 12.9. The highest BCUT2D eigenvalue weighted by Crippen LogP contribution is 2.34. The molecule has 0 atom stereocenters. The smallest absolute Gasteiger partial charge is 0.416 e. The second kappa shape index (κ2) is 8.99. The number of hydrogen-bond acceptors (Lipinski definition) is 6. The van der Waals surface area contributed by atoms with Crippen LogP contribution in [0.5, 0.6) is 5.75 Å². The molecular formula is C18H15F3N2OS3. The molecule has 142 valence electrons. The average molecular weight is 429 g/mol. The first-order valence-corrected chi connectivity index (χ1v) is 10.6. The van der Waals surface area contributed by atoms with Gasteiger partial charge in [-0.1, -0.05) is 65.2 Å². The SMILES string of the molecule is COc1ccc(CSc2nnc(SCc3cccc(C(F)(F)F)c3)s2)cc1. The van der Waals surface area contributed by atoms with E-state index >= 15 is 0 Å². The predicted molar refractivity (Wildman–Crippen MR) is 103 cm³/mol. The molecule has 0 aliphatic carbocycles. The molecule has 9 heteroatoms. The van der Waals surface area contributed by atoms with E-state index in [1.54, 1.807) is 24.9 Å². The summed E-state index contributed by atoms with van der Waals surface area (Å²) in [5.41, 5.74) is 1.13. The summed E-state index contributed by atoms with van der Waals surface area (Å²) < 4.78 is 45.0. The molecule has 0 saturated carbocycles. The average Bonchev–Trinajstić information content (AvgIpc) is 3.13. The quantitative estimate of drug-likeness (QED) is 0.422. The molecular weight excluding hydrogens is 413 g/mol. The van der Waals surface area contributed by atoms with E-state index < -0.39 is 11.7 Å². The highest BCUT2D eigenvalue weighted by atomic mass is 32.2. The maximum Gasteiger partial charge on any atom is 0.416 e. The Morgan fingerprint density at radius 2 is 1.56 bits per heavy atom. The molecule has 0 aliphatic rings. The molecule has 0 amide bonds. The molecule has 1 aromatic heterocycles. The van der Waals surface area contributed by atoms with E-state index in [9.17, 15) is 13.2 Å². The van der Waals surface area contributed by atoms with Gasteiger partial charge in [0.05, 0.1) is 12.7 Å². The summed E-state index contributed by atoms with van der Waals surface area (Å²) in [6, 6.07) is 13.2. The van der Waals surface area contributed by atoms with Gasteiger partial charge in [0, 0.05) is 11.5 Å². The summed E-state index contributed by atoms with van der Waals surface area (Å²) in [4.78, 5) is 0. The van der Waals surface area contributed by atoms with Crippen LogP contribution in [0.3, 0.4) is 0 Å². The Kier molecular flexibility index (Phi) is 6.67. The van der Waals surface area contributed by atoms with Gasteiger partial charge in [-0.05, 0) is 29.3 Å². The zero-order chi connectivity index (χ0) is 19.3. The predicted octanol–water partition coefficient (Wildman–Crippen LogP) is 6.15.